The van der Waals surface area contributed by atoms with Gasteiger partial charge in [-0.1, -0.05) is 31.2 Å². The molecule has 0 bridgehead atoms. The van der Waals surface area contributed by atoms with E-state index in [0.29, 0.717) is 11.7 Å². The molecule has 96 valence electrons. The van der Waals surface area contributed by atoms with E-state index >= 15 is 0 Å². The van der Waals surface area contributed by atoms with Gasteiger partial charge in [0.05, 0.1) is 0 Å². The lowest BCUT2D eigenvalue weighted by molar-refractivity contribution is -0.130. The smallest absolute Gasteiger partial charge is 0.136 e. The van der Waals surface area contributed by atoms with Gasteiger partial charge in [-0.2, -0.15) is 0 Å². The summed E-state index contributed by atoms with van der Waals surface area (Å²) in [5.74, 6) is 0.850. The number of carbonyl (C=O) groups is 1. The number of fused-ring (bicyclic) bond motifs is 2. The molecule has 0 aromatic heterocycles. The van der Waals surface area contributed by atoms with Crippen LogP contribution in [-0.2, 0) is 17.6 Å². The van der Waals surface area contributed by atoms with Crippen molar-refractivity contribution in [3.63, 3.8) is 0 Å². The molecule has 1 aromatic carbocycles. The number of ketones is 1. The van der Waals surface area contributed by atoms with E-state index in [1.807, 2.05) is 0 Å². The van der Waals surface area contributed by atoms with E-state index in [1.54, 1.807) is 0 Å². The third-order valence-electron chi connectivity index (χ3n) is 5.19. The van der Waals surface area contributed by atoms with Crippen LogP contribution in [0.2, 0.25) is 0 Å². The quantitative estimate of drug-likeness (QED) is 0.673. The summed E-state index contributed by atoms with van der Waals surface area (Å²) in [6.45, 7) is 2.35. The number of rotatable bonds is 0. The topological polar surface area (TPSA) is 17.1 Å². The Morgan fingerprint density at radius 2 is 1.78 bits per heavy atom. The van der Waals surface area contributed by atoms with Crippen LogP contribution in [0.3, 0.4) is 0 Å². The number of benzene rings is 1. The molecule has 0 saturated heterocycles. The van der Waals surface area contributed by atoms with Gasteiger partial charge in [0.25, 0.3) is 0 Å². The average molecular weight is 242 g/mol. The standard InChI is InChI=1S/C17H22O/c1-17-11-4-7-16(18)15(17)9-8-13-5-2-3-6-14(13)10-12-17/h2-3,5-6,15H,4,7-12H2,1H3/t15-,17+/m0/s1. The Bertz CT molecular complexity index is 462. The van der Waals surface area contributed by atoms with Crippen LogP contribution >= 0.6 is 0 Å². The van der Waals surface area contributed by atoms with Crippen molar-refractivity contribution in [2.75, 3.05) is 0 Å². The molecule has 1 aromatic rings. The minimum Gasteiger partial charge on any atom is -0.299 e. The first-order valence-corrected chi connectivity index (χ1v) is 7.28. The van der Waals surface area contributed by atoms with Crippen molar-refractivity contribution in [1.82, 2.24) is 0 Å². The number of Topliss-reactive ketones (excluding diaryl/α,β-unsaturated/α-hetero) is 1. The summed E-state index contributed by atoms with van der Waals surface area (Å²) in [5, 5.41) is 0. The average Bonchev–Trinajstić information content (AvgIpc) is 2.35. The largest absolute Gasteiger partial charge is 0.299 e. The zero-order valence-corrected chi connectivity index (χ0v) is 11.2. The van der Waals surface area contributed by atoms with E-state index in [9.17, 15) is 4.79 Å². The second-order valence-electron chi connectivity index (χ2n) is 6.33. The first kappa shape index (κ1) is 12.0. The summed E-state index contributed by atoms with van der Waals surface area (Å²) in [4.78, 5) is 12.2. The third-order valence-corrected chi connectivity index (χ3v) is 5.19. The van der Waals surface area contributed by atoms with Crippen molar-refractivity contribution in [3.8, 4) is 0 Å². The van der Waals surface area contributed by atoms with Crippen molar-refractivity contribution in [2.24, 2.45) is 11.3 Å². The predicted octanol–water partition coefficient (Wildman–Crippen LogP) is 3.94. The fraction of sp³-hybridized carbons (Fsp3) is 0.588. The molecule has 0 amide bonds. The van der Waals surface area contributed by atoms with Gasteiger partial charge in [-0.05, 0) is 55.1 Å². The number of aryl methyl sites for hydroxylation is 2. The monoisotopic (exact) mass is 242 g/mol. The van der Waals surface area contributed by atoms with E-state index in [-0.39, 0.29) is 5.41 Å². The van der Waals surface area contributed by atoms with Crippen LogP contribution in [-0.4, -0.2) is 5.78 Å². The fourth-order valence-corrected chi connectivity index (χ4v) is 3.98. The Kier molecular flexibility index (Phi) is 3.01. The fourth-order valence-electron chi connectivity index (χ4n) is 3.98. The van der Waals surface area contributed by atoms with Gasteiger partial charge in [0, 0.05) is 12.3 Å². The maximum absolute atomic E-state index is 12.2. The van der Waals surface area contributed by atoms with Crippen LogP contribution in [0.4, 0.5) is 0 Å². The van der Waals surface area contributed by atoms with Gasteiger partial charge in [-0.15, -0.1) is 0 Å². The Morgan fingerprint density at radius 3 is 2.56 bits per heavy atom. The van der Waals surface area contributed by atoms with E-state index in [4.69, 9.17) is 0 Å². The van der Waals surface area contributed by atoms with E-state index in [1.165, 1.54) is 24.0 Å². The first-order chi connectivity index (χ1) is 8.69. The molecule has 0 heterocycles. The Balaban J connectivity index is 1.91. The summed E-state index contributed by atoms with van der Waals surface area (Å²) in [6, 6.07) is 8.78. The van der Waals surface area contributed by atoms with Gasteiger partial charge in [-0.25, -0.2) is 0 Å². The molecular formula is C17H22O. The Hall–Kier alpha value is -1.11. The van der Waals surface area contributed by atoms with Crippen LogP contribution < -0.4 is 0 Å². The lowest BCUT2D eigenvalue weighted by atomic mass is 9.61. The summed E-state index contributed by atoms with van der Waals surface area (Å²) >= 11 is 0. The second kappa shape index (κ2) is 4.53. The SMILES string of the molecule is C[C@]12CCCC(=O)[C@@H]1CCc1ccccc1CC2. The summed E-state index contributed by atoms with van der Waals surface area (Å²) < 4.78 is 0. The minimum absolute atomic E-state index is 0.267. The molecule has 3 rings (SSSR count). The molecule has 18 heavy (non-hydrogen) atoms. The number of hydrogen-bond donors (Lipinski definition) is 0. The maximum Gasteiger partial charge on any atom is 0.136 e. The van der Waals surface area contributed by atoms with Crippen molar-refractivity contribution in [1.29, 1.82) is 0 Å². The molecule has 2 atom stereocenters. The van der Waals surface area contributed by atoms with Gasteiger partial charge in [0.15, 0.2) is 0 Å². The molecule has 1 nitrogen and oxygen atoms in total. The van der Waals surface area contributed by atoms with Crippen LogP contribution in [0.25, 0.3) is 0 Å². The molecule has 1 fully saturated rings. The van der Waals surface area contributed by atoms with Gasteiger partial charge < -0.3 is 0 Å². The number of carbonyl (C=O) groups excluding carboxylic acids is 1. The summed E-state index contributed by atoms with van der Waals surface area (Å²) in [6.07, 6.45) is 7.65. The molecule has 2 aliphatic rings. The zero-order valence-electron chi connectivity index (χ0n) is 11.2. The number of hydrogen-bond acceptors (Lipinski definition) is 1. The first-order valence-electron chi connectivity index (χ1n) is 7.28. The van der Waals surface area contributed by atoms with Crippen LogP contribution in [0.1, 0.15) is 50.2 Å². The van der Waals surface area contributed by atoms with Crippen LogP contribution in [0.15, 0.2) is 24.3 Å². The summed E-state index contributed by atoms with van der Waals surface area (Å²) in [5.41, 5.74) is 3.25. The molecule has 0 N–H and O–H groups in total. The van der Waals surface area contributed by atoms with E-state index in [0.717, 1.165) is 32.1 Å². The second-order valence-corrected chi connectivity index (χ2v) is 6.33. The highest BCUT2D eigenvalue weighted by Gasteiger charge is 2.41. The maximum atomic E-state index is 12.2. The Morgan fingerprint density at radius 1 is 1.06 bits per heavy atom. The van der Waals surface area contributed by atoms with Gasteiger partial charge in [0.2, 0.25) is 0 Å². The lowest BCUT2D eigenvalue weighted by Crippen LogP contribution is -2.39. The summed E-state index contributed by atoms with van der Waals surface area (Å²) in [7, 11) is 0. The van der Waals surface area contributed by atoms with Crippen LogP contribution in [0, 0.1) is 11.3 Å². The molecule has 0 spiro atoms. The van der Waals surface area contributed by atoms with E-state index < -0.39 is 0 Å². The zero-order chi connectivity index (χ0) is 12.6. The third kappa shape index (κ3) is 2.00. The van der Waals surface area contributed by atoms with Crippen LogP contribution in [0.5, 0.6) is 0 Å². The molecule has 0 unspecified atom stereocenters. The lowest BCUT2D eigenvalue weighted by Gasteiger charge is -2.42. The predicted molar refractivity (Wildman–Crippen MR) is 73.5 cm³/mol. The highest BCUT2D eigenvalue weighted by molar-refractivity contribution is 5.82. The van der Waals surface area contributed by atoms with E-state index in [2.05, 4.69) is 31.2 Å². The molecule has 1 saturated carbocycles. The molecule has 1 heteroatoms. The van der Waals surface area contributed by atoms with Gasteiger partial charge in [-0.3, -0.25) is 4.79 Å². The minimum atomic E-state index is 0.267. The normalized spacial score (nSPS) is 32.1. The highest BCUT2D eigenvalue weighted by atomic mass is 16.1. The highest BCUT2D eigenvalue weighted by Crippen LogP contribution is 2.46. The molecule has 2 aliphatic carbocycles. The van der Waals surface area contributed by atoms with Crippen molar-refractivity contribution in [2.45, 2.75) is 51.9 Å². The molecule has 0 radical (unpaired) electrons. The van der Waals surface area contributed by atoms with Crippen molar-refractivity contribution in [3.05, 3.63) is 35.4 Å². The van der Waals surface area contributed by atoms with Gasteiger partial charge >= 0.3 is 0 Å². The molecular weight excluding hydrogens is 220 g/mol. The van der Waals surface area contributed by atoms with Crippen molar-refractivity contribution < 1.29 is 4.79 Å². The van der Waals surface area contributed by atoms with Crippen molar-refractivity contribution >= 4 is 5.78 Å². The van der Waals surface area contributed by atoms with Gasteiger partial charge in [0.1, 0.15) is 5.78 Å². The molecule has 0 aliphatic heterocycles. The Labute approximate surface area is 110 Å².